The minimum atomic E-state index is -4.82. The summed E-state index contributed by atoms with van der Waals surface area (Å²) < 4.78 is 60.1. The molecule has 1 aliphatic carbocycles. The topological polar surface area (TPSA) is 59.4 Å². The van der Waals surface area contributed by atoms with E-state index < -0.39 is 23.5 Å². The van der Waals surface area contributed by atoms with Crippen LogP contribution in [-0.2, 0) is 18.0 Å². The van der Waals surface area contributed by atoms with Crippen molar-refractivity contribution in [1.82, 2.24) is 20.0 Å². The summed E-state index contributed by atoms with van der Waals surface area (Å²) in [6.07, 6.45) is 3.15. The lowest BCUT2D eigenvalue weighted by Crippen LogP contribution is -2.28. The van der Waals surface area contributed by atoms with E-state index in [1.165, 1.54) is 12.8 Å². The second kappa shape index (κ2) is 10.0. The zero-order valence-corrected chi connectivity index (χ0v) is 18.7. The summed E-state index contributed by atoms with van der Waals surface area (Å²) >= 11 is 0. The minimum Gasteiger partial charge on any atom is -0.496 e. The number of halogens is 4. The number of likely N-dealkylation sites (tertiary alicyclic amines) is 1. The van der Waals surface area contributed by atoms with Crippen LogP contribution >= 0.6 is 0 Å². The first-order chi connectivity index (χ1) is 16.2. The van der Waals surface area contributed by atoms with Gasteiger partial charge in [0.05, 0.1) is 11.5 Å². The normalized spacial score (nSPS) is 19.0. The average Bonchev–Trinajstić information content (AvgIpc) is 3.45. The zero-order valence-electron chi connectivity index (χ0n) is 18.7. The lowest BCUT2D eigenvalue weighted by atomic mass is 9.92. The first-order valence-electron chi connectivity index (χ1n) is 11.1. The van der Waals surface area contributed by atoms with Gasteiger partial charge in [0.15, 0.2) is 0 Å². The van der Waals surface area contributed by atoms with Crippen molar-refractivity contribution in [3.05, 3.63) is 76.7 Å². The highest BCUT2D eigenvalue weighted by atomic mass is 19.4. The molecule has 10 heteroatoms. The molecule has 2 heterocycles. The molecule has 0 saturated carbocycles. The SMILES string of the molecule is Cn1nccc1C1CC(NC(=O)c2ccc(C(F)(F)F)c(F)c2)=CC=C1OCCN1CCCC1. The Morgan fingerprint density at radius 2 is 1.97 bits per heavy atom. The molecule has 0 bridgehead atoms. The molecule has 0 radical (unpaired) electrons. The molecule has 182 valence electrons. The summed E-state index contributed by atoms with van der Waals surface area (Å²) in [5.41, 5.74) is -0.160. The molecule has 1 aromatic carbocycles. The summed E-state index contributed by atoms with van der Waals surface area (Å²) in [5, 5.41) is 6.92. The van der Waals surface area contributed by atoms with E-state index in [-0.39, 0.29) is 11.5 Å². The molecule has 2 aliphatic rings. The van der Waals surface area contributed by atoms with Gasteiger partial charge >= 0.3 is 6.18 Å². The van der Waals surface area contributed by atoms with E-state index in [0.29, 0.717) is 30.9 Å². The minimum absolute atomic E-state index is 0.194. The monoisotopic (exact) mass is 478 g/mol. The van der Waals surface area contributed by atoms with E-state index in [1.807, 2.05) is 13.1 Å². The molecule has 34 heavy (non-hydrogen) atoms. The van der Waals surface area contributed by atoms with Crippen LogP contribution in [0, 0.1) is 5.82 Å². The van der Waals surface area contributed by atoms with Crippen LogP contribution in [-0.4, -0.2) is 46.8 Å². The maximum atomic E-state index is 13.9. The number of ether oxygens (including phenoxy) is 1. The van der Waals surface area contributed by atoms with Crippen molar-refractivity contribution >= 4 is 5.91 Å². The first-order valence-corrected chi connectivity index (χ1v) is 11.1. The van der Waals surface area contributed by atoms with Crippen molar-refractivity contribution < 1.29 is 27.1 Å². The molecule has 0 spiro atoms. The Bertz CT molecular complexity index is 1100. The molecule has 1 atom stereocenters. The van der Waals surface area contributed by atoms with E-state index in [9.17, 15) is 22.4 Å². The van der Waals surface area contributed by atoms with E-state index in [0.717, 1.165) is 37.2 Å². The number of allylic oxidation sites excluding steroid dienone is 4. The smallest absolute Gasteiger partial charge is 0.419 e. The second-order valence-electron chi connectivity index (χ2n) is 8.44. The number of rotatable bonds is 7. The van der Waals surface area contributed by atoms with Crippen molar-refractivity contribution in [3.63, 3.8) is 0 Å². The van der Waals surface area contributed by atoms with Gasteiger partial charge in [-0.25, -0.2) is 4.39 Å². The van der Waals surface area contributed by atoms with Gasteiger partial charge in [0.2, 0.25) is 0 Å². The Labute approximate surface area is 194 Å². The van der Waals surface area contributed by atoms with E-state index in [4.69, 9.17) is 4.74 Å². The van der Waals surface area contributed by atoms with Crippen LogP contribution in [0.3, 0.4) is 0 Å². The number of aryl methyl sites for hydroxylation is 1. The van der Waals surface area contributed by atoms with Crippen molar-refractivity contribution in [1.29, 1.82) is 0 Å². The number of carbonyl (C=O) groups excluding carboxylic acids is 1. The van der Waals surface area contributed by atoms with Crippen LogP contribution in [0.2, 0.25) is 0 Å². The van der Waals surface area contributed by atoms with Crippen LogP contribution in [0.1, 0.15) is 46.8 Å². The lowest BCUT2D eigenvalue weighted by Gasteiger charge is -2.26. The Morgan fingerprint density at radius 3 is 2.62 bits per heavy atom. The number of aromatic nitrogens is 2. The standard InChI is InChI=1S/C24H26F4N4O2/c1-31-21(8-9-29-31)18-15-17(5-7-22(18)34-13-12-32-10-2-3-11-32)30-23(33)16-4-6-19(20(25)14-16)24(26,27)28/h4-9,14,18H,2-3,10-13,15H2,1H3,(H,30,33). The van der Waals surface area contributed by atoms with Crippen molar-refractivity contribution in [2.75, 3.05) is 26.2 Å². The fourth-order valence-electron chi connectivity index (χ4n) is 4.31. The predicted molar refractivity (Wildman–Crippen MR) is 117 cm³/mol. The highest BCUT2D eigenvalue weighted by Gasteiger charge is 2.34. The zero-order chi connectivity index (χ0) is 24.3. The van der Waals surface area contributed by atoms with Crippen LogP contribution in [0.25, 0.3) is 0 Å². The van der Waals surface area contributed by atoms with Gasteiger partial charge in [0.1, 0.15) is 18.2 Å². The molecule has 1 saturated heterocycles. The molecule has 1 fully saturated rings. The molecule has 4 rings (SSSR count). The number of nitrogens with zero attached hydrogens (tertiary/aromatic N) is 3. The van der Waals surface area contributed by atoms with Crippen LogP contribution < -0.4 is 5.32 Å². The highest BCUT2D eigenvalue weighted by molar-refractivity contribution is 5.95. The predicted octanol–water partition coefficient (Wildman–Crippen LogP) is 4.38. The van der Waals surface area contributed by atoms with Gasteiger partial charge in [-0.15, -0.1) is 0 Å². The molecule has 1 N–H and O–H groups in total. The summed E-state index contributed by atoms with van der Waals surface area (Å²) in [4.78, 5) is 15.0. The molecule has 1 aromatic heterocycles. The molecular weight excluding hydrogens is 452 g/mol. The third-order valence-corrected chi connectivity index (χ3v) is 6.12. The maximum Gasteiger partial charge on any atom is 0.419 e. The molecule has 1 aliphatic heterocycles. The van der Waals surface area contributed by atoms with Gasteiger partial charge in [-0.2, -0.15) is 18.3 Å². The third kappa shape index (κ3) is 5.49. The molecular formula is C24H26F4N4O2. The quantitative estimate of drug-likeness (QED) is 0.601. The summed E-state index contributed by atoms with van der Waals surface area (Å²) in [6.45, 7) is 3.53. The fourth-order valence-corrected chi connectivity index (χ4v) is 4.31. The van der Waals surface area contributed by atoms with Crippen LogP contribution in [0.15, 0.2) is 54.1 Å². The number of hydrogen-bond donors (Lipinski definition) is 1. The van der Waals surface area contributed by atoms with Gasteiger partial charge in [-0.3, -0.25) is 14.4 Å². The van der Waals surface area contributed by atoms with E-state index in [1.54, 1.807) is 23.0 Å². The fraction of sp³-hybridized carbons (Fsp3) is 0.417. The molecule has 2 aromatic rings. The average molecular weight is 478 g/mol. The number of amides is 1. The number of alkyl halides is 3. The van der Waals surface area contributed by atoms with Crippen molar-refractivity contribution in [2.45, 2.75) is 31.4 Å². The van der Waals surface area contributed by atoms with E-state index >= 15 is 0 Å². The number of hydrogen-bond acceptors (Lipinski definition) is 4. The van der Waals surface area contributed by atoms with Gasteiger partial charge in [0.25, 0.3) is 5.91 Å². The molecule has 6 nitrogen and oxygen atoms in total. The van der Waals surface area contributed by atoms with E-state index in [2.05, 4.69) is 15.3 Å². The first kappa shape index (κ1) is 24.0. The van der Waals surface area contributed by atoms with Gasteiger partial charge < -0.3 is 10.1 Å². The number of benzene rings is 1. The summed E-state index contributed by atoms with van der Waals surface area (Å²) in [5.74, 6) is -1.62. The Morgan fingerprint density at radius 1 is 1.21 bits per heavy atom. The number of nitrogens with one attached hydrogen (secondary N) is 1. The Balaban J connectivity index is 1.47. The Hall–Kier alpha value is -3.14. The summed E-state index contributed by atoms with van der Waals surface area (Å²) in [6, 6.07) is 4.01. The van der Waals surface area contributed by atoms with Gasteiger partial charge in [0, 0.05) is 43.2 Å². The van der Waals surface area contributed by atoms with Crippen LogP contribution in [0.4, 0.5) is 17.6 Å². The second-order valence-corrected chi connectivity index (χ2v) is 8.44. The van der Waals surface area contributed by atoms with Gasteiger partial charge in [-0.1, -0.05) is 0 Å². The van der Waals surface area contributed by atoms with Crippen molar-refractivity contribution in [2.24, 2.45) is 7.05 Å². The lowest BCUT2D eigenvalue weighted by molar-refractivity contribution is -0.140. The van der Waals surface area contributed by atoms with Crippen LogP contribution in [0.5, 0.6) is 0 Å². The van der Waals surface area contributed by atoms with Gasteiger partial charge in [-0.05, 0) is 62.3 Å². The Kier molecular flexibility index (Phi) is 7.06. The number of carbonyl (C=O) groups is 1. The summed E-state index contributed by atoms with van der Waals surface area (Å²) in [7, 11) is 1.82. The highest BCUT2D eigenvalue weighted by Crippen LogP contribution is 2.35. The largest absolute Gasteiger partial charge is 0.496 e. The molecule has 1 amide bonds. The third-order valence-electron chi connectivity index (χ3n) is 6.12. The molecule has 1 unspecified atom stereocenters. The van der Waals surface area contributed by atoms with Crippen molar-refractivity contribution in [3.8, 4) is 0 Å². The maximum absolute atomic E-state index is 13.9.